The van der Waals surface area contributed by atoms with Crippen molar-refractivity contribution in [3.05, 3.63) is 59.7 Å². The highest BCUT2D eigenvalue weighted by Gasteiger charge is 2.24. The summed E-state index contributed by atoms with van der Waals surface area (Å²) in [6, 6.07) is 15.0. The monoisotopic (exact) mass is 328 g/mol. The summed E-state index contributed by atoms with van der Waals surface area (Å²) in [7, 11) is 1.59. The highest BCUT2D eigenvalue weighted by Crippen LogP contribution is 2.32. The molecule has 0 aliphatic heterocycles. The van der Waals surface area contributed by atoms with Gasteiger partial charge in [-0.15, -0.1) is 0 Å². The van der Waals surface area contributed by atoms with Gasteiger partial charge >= 0.3 is 5.97 Å². The summed E-state index contributed by atoms with van der Waals surface area (Å²) in [4.78, 5) is 11.7. The molecular formula is C20H24O4. The number of hydrogen-bond acceptors (Lipinski definition) is 3. The van der Waals surface area contributed by atoms with Crippen LogP contribution in [-0.2, 0) is 16.6 Å². The molecule has 0 aliphatic rings. The van der Waals surface area contributed by atoms with Gasteiger partial charge in [-0.25, -0.2) is 4.79 Å². The number of ether oxygens (including phenoxy) is 2. The quantitative estimate of drug-likeness (QED) is 0.868. The maximum absolute atomic E-state index is 11.7. The first-order valence-corrected chi connectivity index (χ1v) is 7.93. The molecule has 2 aromatic carbocycles. The Morgan fingerprint density at radius 2 is 1.83 bits per heavy atom. The Labute approximate surface area is 143 Å². The second kappa shape index (κ2) is 7.39. The highest BCUT2D eigenvalue weighted by atomic mass is 16.5. The minimum atomic E-state index is -0.985. The van der Waals surface area contributed by atoms with Crippen LogP contribution in [0.1, 0.15) is 31.9 Å². The number of hydrogen-bond donors (Lipinski definition) is 1. The van der Waals surface area contributed by atoms with Gasteiger partial charge < -0.3 is 14.6 Å². The molecule has 0 aromatic heterocycles. The smallest absolute Gasteiger partial charge is 0.345 e. The Kier molecular flexibility index (Phi) is 5.50. The lowest BCUT2D eigenvalue weighted by molar-refractivity contribution is -0.145. The molecule has 1 N–H and O–H groups in total. The summed E-state index contributed by atoms with van der Waals surface area (Å²) in [6.07, 6.45) is -0.689. The van der Waals surface area contributed by atoms with Crippen molar-refractivity contribution in [1.29, 1.82) is 0 Å². The average Bonchev–Trinajstić information content (AvgIpc) is 2.54. The molecule has 0 saturated heterocycles. The fourth-order valence-electron chi connectivity index (χ4n) is 2.54. The van der Waals surface area contributed by atoms with E-state index in [4.69, 9.17) is 9.47 Å². The van der Waals surface area contributed by atoms with E-state index < -0.39 is 12.1 Å². The van der Waals surface area contributed by atoms with Gasteiger partial charge in [0.1, 0.15) is 11.5 Å². The van der Waals surface area contributed by atoms with Crippen LogP contribution in [-0.4, -0.2) is 24.3 Å². The predicted molar refractivity (Wildman–Crippen MR) is 93.9 cm³/mol. The maximum atomic E-state index is 11.7. The second-order valence-corrected chi connectivity index (χ2v) is 6.75. The summed E-state index contributed by atoms with van der Waals surface area (Å²) in [5.74, 6) is 0.327. The van der Waals surface area contributed by atoms with E-state index >= 15 is 0 Å². The van der Waals surface area contributed by atoms with Crippen LogP contribution in [0.25, 0.3) is 0 Å². The fraction of sp³-hybridized carbons (Fsp3) is 0.350. The molecule has 0 amide bonds. The van der Waals surface area contributed by atoms with Gasteiger partial charge in [-0.3, -0.25) is 0 Å². The molecule has 0 fully saturated rings. The third-order valence-corrected chi connectivity index (χ3v) is 3.79. The number of aliphatic carboxylic acids is 1. The molecule has 4 nitrogen and oxygen atoms in total. The van der Waals surface area contributed by atoms with Gasteiger partial charge in [0, 0.05) is 6.42 Å². The van der Waals surface area contributed by atoms with Gasteiger partial charge in [0.25, 0.3) is 0 Å². The summed E-state index contributed by atoms with van der Waals surface area (Å²) in [5.41, 5.74) is 1.71. The van der Waals surface area contributed by atoms with Crippen LogP contribution in [0, 0.1) is 0 Å². The number of carboxylic acid groups (broad SMARTS) is 1. The largest absolute Gasteiger partial charge is 0.497 e. The average molecular weight is 328 g/mol. The minimum Gasteiger partial charge on any atom is -0.497 e. The molecule has 2 aromatic rings. The highest BCUT2D eigenvalue weighted by molar-refractivity contribution is 5.73. The van der Waals surface area contributed by atoms with Gasteiger partial charge in [0.2, 0.25) is 0 Å². The van der Waals surface area contributed by atoms with Crippen molar-refractivity contribution in [1.82, 2.24) is 0 Å². The first kappa shape index (κ1) is 17.9. The van der Waals surface area contributed by atoms with Gasteiger partial charge in [-0.2, -0.15) is 0 Å². The van der Waals surface area contributed by atoms with Gasteiger partial charge in [-0.05, 0) is 34.7 Å². The van der Waals surface area contributed by atoms with Crippen LogP contribution >= 0.6 is 0 Å². The molecule has 1 atom stereocenters. The first-order valence-electron chi connectivity index (χ1n) is 7.93. The summed E-state index contributed by atoms with van der Waals surface area (Å²) in [5, 5.41) is 9.56. The standard InChI is InChI=1S/C20H24O4/c1-20(2,3)16-10-5-6-11-17(16)24-18(19(21)22)13-14-8-7-9-15(12-14)23-4/h5-12,18H,13H2,1-4H3,(H,21,22). The maximum Gasteiger partial charge on any atom is 0.345 e. The third kappa shape index (κ3) is 4.51. The molecule has 0 saturated carbocycles. The lowest BCUT2D eigenvalue weighted by atomic mass is 9.86. The van der Waals surface area contributed by atoms with Crippen molar-refractivity contribution >= 4 is 5.97 Å². The Bertz CT molecular complexity index is 701. The van der Waals surface area contributed by atoms with E-state index in [9.17, 15) is 9.90 Å². The molecule has 1 unspecified atom stereocenters. The lowest BCUT2D eigenvalue weighted by Crippen LogP contribution is -2.30. The van der Waals surface area contributed by atoms with Crippen LogP contribution in [0.15, 0.2) is 48.5 Å². The normalized spacial score (nSPS) is 12.5. The molecule has 4 heteroatoms. The van der Waals surface area contributed by atoms with E-state index in [2.05, 4.69) is 20.8 Å². The van der Waals surface area contributed by atoms with E-state index in [1.807, 2.05) is 48.5 Å². The molecule has 2 rings (SSSR count). The Hall–Kier alpha value is -2.49. The van der Waals surface area contributed by atoms with Crippen molar-refractivity contribution in [2.45, 2.75) is 38.7 Å². The molecule has 0 heterocycles. The van der Waals surface area contributed by atoms with Crippen LogP contribution in [0.3, 0.4) is 0 Å². The Balaban J connectivity index is 2.25. The number of rotatable bonds is 6. The van der Waals surface area contributed by atoms with Crippen LogP contribution in [0.4, 0.5) is 0 Å². The lowest BCUT2D eigenvalue weighted by Gasteiger charge is -2.25. The topological polar surface area (TPSA) is 55.8 Å². The van der Waals surface area contributed by atoms with Crippen LogP contribution < -0.4 is 9.47 Å². The minimum absolute atomic E-state index is 0.129. The summed E-state index contributed by atoms with van der Waals surface area (Å²) >= 11 is 0. The van der Waals surface area contributed by atoms with E-state index in [0.717, 1.165) is 11.1 Å². The number of benzene rings is 2. The van der Waals surface area contributed by atoms with Crippen molar-refractivity contribution in [3.8, 4) is 11.5 Å². The van der Waals surface area contributed by atoms with Crippen molar-refractivity contribution in [2.75, 3.05) is 7.11 Å². The number of para-hydroxylation sites is 1. The zero-order chi connectivity index (χ0) is 17.7. The van der Waals surface area contributed by atoms with Gasteiger partial charge in [0.15, 0.2) is 6.10 Å². The van der Waals surface area contributed by atoms with E-state index in [1.54, 1.807) is 7.11 Å². The molecule has 0 bridgehead atoms. The molecular weight excluding hydrogens is 304 g/mol. The van der Waals surface area contributed by atoms with E-state index in [-0.39, 0.29) is 11.8 Å². The first-order chi connectivity index (χ1) is 11.3. The zero-order valence-electron chi connectivity index (χ0n) is 14.6. The molecule has 0 spiro atoms. The van der Waals surface area contributed by atoms with Gasteiger partial charge in [0.05, 0.1) is 7.11 Å². The number of carbonyl (C=O) groups is 1. The fourth-order valence-corrected chi connectivity index (χ4v) is 2.54. The van der Waals surface area contributed by atoms with Crippen LogP contribution in [0.5, 0.6) is 11.5 Å². The van der Waals surface area contributed by atoms with Crippen molar-refractivity contribution in [2.24, 2.45) is 0 Å². The van der Waals surface area contributed by atoms with Crippen molar-refractivity contribution < 1.29 is 19.4 Å². The number of carboxylic acids is 1. The van der Waals surface area contributed by atoms with E-state index in [0.29, 0.717) is 11.5 Å². The van der Waals surface area contributed by atoms with Crippen LogP contribution in [0.2, 0.25) is 0 Å². The molecule has 0 radical (unpaired) electrons. The zero-order valence-corrected chi connectivity index (χ0v) is 14.6. The Morgan fingerprint density at radius 3 is 2.46 bits per heavy atom. The molecule has 0 aliphatic carbocycles. The van der Waals surface area contributed by atoms with E-state index in [1.165, 1.54) is 0 Å². The second-order valence-electron chi connectivity index (χ2n) is 6.75. The number of methoxy groups -OCH3 is 1. The summed E-state index contributed by atoms with van der Waals surface area (Å²) in [6.45, 7) is 6.23. The summed E-state index contributed by atoms with van der Waals surface area (Å²) < 4.78 is 11.1. The SMILES string of the molecule is COc1cccc(CC(Oc2ccccc2C(C)(C)C)C(=O)O)c1. The Morgan fingerprint density at radius 1 is 1.12 bits per heavy atom. The predicted octanol–water partition coefficient (Wildman–Crippen LogP) is 4.07. The van der Waals surface area contributed by atoms with Crippen molar-refractivity contribution in [3.63, 3.8) is 0 Å². The molecule has 24 heavy (non-hydrogen) atoms. The third-order valence-electron chi connectivity index (χ3n) is 3.79. The van der Waals surface area contributed by atoms with Gasteiger partial charge in [-0.1, -0.05) is 51.1 Å². The molecule has 128 valence electrons.